The molecule has 56 valence electrons. The van der Waals surface area contributed by atoms with E-state index in [2.05, 4.69) is 15.9 Å². The molecule has 4 nitrogen and oxygen atoms in total. The highest BCUT2D eigenvalue weighted by molar-refractivity contribution is 9.10. The van der Waals surface area contributed by atoms with Crippen molar-refractivity contribution in [2.24, 2.45) is 0 Å². The van der Waals surface area contributed by atoms with E-state index in [1.165, 1.54) is 0 Å². The summed E-state index contributed by atoms with van der Waals surface area (Å²) in [5.74, 6) is -1.53. The molecule has 0 radical (unpaired) electrons. The largest absolute Gasteiger partial charge is 0.285 e. The van der Waals surface area contributed by atoms with Crippen LogP contribution in [0.25, 0.3) is 0 Å². The Morgan fingerprint density at radius 3 is 2.30 bits per heavy atom. The number of hydrogen-bond acceptors (Lipinski definition) is 3. The molecule has 1 aliphatic heterocycles. The molecule has 2 amide bonds. The first-order valence-electron chi connectivity index (χ1n) is 2.39. The zero-order valence-corrected chi connectivity index (χ0v) is 7.02. The van der Waals surface area contributed by atoms with Gasteiger partial charge in [-0.1, -0.05) is 27.5 Å². The maximum absolute atomic E-state index is 10.7. The van der Waals surface area contributed by atoms with E-state index >= 15 is 0 Å². The Balaban J connectivity index is 2.92. The Morgan fingerprint density at radius 1 is 1.70 bits per heavy atom. The summed E-state index contributed by atoms with van der Waals surface area (Å²) in [4.78, 5) is 21.3. The first kappa shape index (κ1) is 7.97. The third-order valence-corrected chi connectivity index (χ3v) is 2.03. The molecule has 0 aromatic rings. The van der Waals surface area contributed by atoms with Crippen molar-refractivity contribution in [1.82, 2.24) is 5.06 Å². The molecule has 0 saturated carbocycles. The van der Waals surface area contributed by atoms with Crippen molar-refractivity contribution < 1.29 is 14.8 Å². The summed E-state index contributed by atoms with van der Waals surface area (Å²) >= 11 is 8.23. The normalized spacial score (nSPS) is 33.7. The lowest BCUT2D eigenvalue weighted by atomic mass is 10.3. The highest BCUT2D eigenvalue weighted by Gasteiger charge is 2.48. The summed E-state index contributed by atoms with van der Waals surface area (Å²) < 4.78 is -1.43. The van der Waals surface area contributed by atoms with Gasteiger partial charge in [-0.15, -0.1) is 0 Å². The minimum Gasteiger partial charge on any atom is -0.278 e. The van der Waals surface area contributed by atoms with Crippen LogP contribution in [0.5, 0.6) is 0 Å². The monoisotopic (exact) mass is 227 g/mol. The Labute approximate surface area is 69.8 Å². The predicted octanol–water partition coefficient (Wildman–Crippen LogP) is 0.465. The summed E-state index contributed by atoms with van der Waals surface area (Å²) in [6.45, 7) is 0. The van der Waals surface area contributed by atoms with Crippen LogP contribution in [0.3, 0.4) is 0 Å². The quantitative estimate of drug-likeness (QED) is 0.372. The number of carbonyl (C=O) groups excluding carboxylic acids is 2. The number of halogens is 2. The van der Waals surface area contributed by atoms with Crippen LogP contribution in [0.1, 0.15) is 6.42 Å². The average Bonchev–Trinajstić information content (AvgIpc) is 1.95. The molecular weight excluding hydrogens is 225 g/mol. The lowest BCUT2D eigenvalue weighted by Gasteiger charge is -2.06. The summed E-state index contributed by atoms with van der Waals surface area (Å²) in [5.41, 5.74) is 0. The van der Waals surface area contributed by atoms with Gasteiger partial charge >= 0.3 is 0 Å². The second-order valence-electron chi connectivity index (χ2n) is 1.89. The molecule has 0 bridgehead atoms. The van der Waals surface area contributed by atoms with Gasteiger partial charge in [-0.2, -0.15) is 5.06 Å². The van der Waals surface area contributed by atoms with E-state index in [1.54, 1.807) is 0 Å². The minimum atomic E-state index is -1.43. The minimum absolute atomic E-state index is 0.0156. The van der Waals surface area contributed by atoms with Crippen LogP contribution >= 0.6 is 27.5 Å². The Kier molecular flexibility index (Phi) is 1.74. The second kappa shape index (κ2) is 2.18. The van der Waals surface area contributed by atoms with Crippen molar-refractivity contribution in [1.29, 1.82) is 0 Å². The Bertz CT molecular complexity index is 205. The molecule has 1 atom stereocenters. The van der Waals surface area contributed by atoms with E-state index in [-0.39, 0.29) is 11.5 Å². The van der Waals surface area contributed by atoms with Crippen molar-refractivity contribution in [3.63, 3.8) is 0 Å². The summed E-state index contributed by atoms with van der Waals surface area (Å²) in [6.07, 6.45) is -0.218. The maximum Gasteiger partial charge on any atom is 0.285 e. The van der Waals surface area contributed by atoms with Gasteiger partial charge in [0.2, 0.25) is 0 Å². The van der Waals surface area contributed by atoms with Crippen molar-refractivity contribution in [2.75, 3.05) is 0 Å². The molecule has 1 heterocycles. The van der Waals surface area contributed by atoms with Crippen LogP contribution in [0.15, 0.2) is 0 Å². The Morgan fingerprint density at radius 2 is 2.20 bits per heavy atom. The van der Waals surface area contributed by atoms with Crippen LogP contribution in [-0.2, 0) is 9.59 Å². The number of amides is 2. The van der Waals surface area contributed by atoms with Gasteiger partial charge in [0.15, 0.2) is 3.78 Å². The van der Waals surface area contributed by atoms with Crippen LogP contribution in [-0.4, -0.2) is 25.9 Å². The standard InChI is InChI=1S/C4H3BrClNO3/c5-4(6)1-2(8)7(10)3(4)9/h10H,1H2. The maximum atomic E-state index is 10.7. The van der Waals surface area contributed by atoms with E-state index in [1.807, 2.05) is 0 Å². The average molecular weight is 228 g/mol. The number of imide groups is 1. The molecule has 6 heteroatoms. The number of rotatable bonds is 0. The van der Waals surface area contributed by atoms with Crippen molar-refractivity contribution in [2.45, 2.75) is 10.2 Å². The van der Waals surface area contributed by atoms with Gasteiger partial charge in [-0.25, -0.2) is 0 Å². The number of carbonyl (C=O) groups is 2. The number of nitrogens with zero attached hydrogens (tertiary/aromatic N) is 1. The van der Waals surface area contributed by atoms with E-state index in [4.69, 9.17) is 16.8 Å². The fraction of sp³-hybridized carbons (Fsp3) is 0.500. The van der Waals surface area contributed by atoms with Crippen LogP contribution in [0, 0.1) is 0 Å². The van der Waals surface area contributed by atoms with Gasteiger partial charge in [-0.3, -0.25) is 14.8 Å². The number of alkyl halides is 2. The summed E-state index contributed by atoms with van der Waals surface area (Å²) in [5, 5.41) is 8.64. The molecule has 0 aromatic carbocycles. The van der Waals surface area contributed by atoms with Gasteiger partial charge < -0.3 is 0 Å². The number of hydrogen-bond donors (Lipinski definition) is 1. The topological polar surface area (TPSA) is 57.6 Å². The van der Waals surface area contributed by atoms with Crippen LogP contribution < -0.4 is 0 Å². The molecule has 1 fully saturated rings. The molecule has 0 spiro atoms. The van der Waals surface area contributed by atoms with Crippen molar-refractivity contribution >= 4 is 39.3 Å². The van der Waals surface area contributed by atoms with Crippen LogP contribution in [0.2, 0.25) is 0 Å². The molecular formula is C4H3BrClNO3. The first-order chi connectivity index (χ1) is 4.45. The molecule has 0 aromatic heterocycles. The molecule has 10 heavy (non-hydrogen) atoms. The zero-order chi connectivity index (χ0) is 7.94. The van der Waals surface area contributed by atoms with Gasteiger partial charge in [0.05, 0.1) is 6.42 Å². The summed E-state index contributed by atoms with van der Waals surface area (Å²) in [7, 11) is 0. The molecule has 1 saturated heterocycles. The third-order valence-electron chi connectivity index (χ3n) is 1.11. The van der Waals surface area contributed by atoms with Gasteiger partial charge in [0.25, 0.3) is 11.8 Å². The molecule has 1 aliphatic rings. The van der Waals surface area contributed by atoms with E-state index in [0.717, 1.165) is 0 Å². The van der Waals surface area contributed by atoms with E-state index in [0.29, 0.717) is 0 Å². The predicted molar refractivity (Wildman–Crippen MR) is 35.8 cm³/mol. The fourth-order valence-corrected chi connectivity index (χ4v) is 1.21. The first-order valence-corrected chi connectivity index (χ1v) is 3.56. The van der Waals surface area contributed by atoms with Gasteiger partial charge in [0.1, 0.15) is 0 Å². The van der Waals surface area contributed by atoms with Crippen LogP contribution in [0.4, 0.5) is 0 Å². The lowest BCUT2D eigenvalue weighted by Crippen LogP contribution is -2.30. The van der Waals surface area contributed by atoms with Gasteiger partial charge in [-0.05, 0) is 0 Å². The second-order valence-corrected chi connectivity index (χ2v) is 4.35. The summed E-state index contributed by atoms with van der Waals surface area (Å²) in [6, 6.07) is 0. The molecule has 1 rings (SSSR count). The number of hydroxylamine groups is 2. The molecule has 0 aliphatic carbocycles. The lowest BCUT2D eigenvalue weighted by molar-refractivity contribution is -0.171. The Hall–Kier alpha value is -0.130. The molecule has 1 unspecified atom stereocenters. The highest BCUT2D eigenvalue weighted by Crippen LogP contribution is 2.35. The molecule has 1 N–H and O–H groups in total. The van der Waals surface area contributed by atoms with Crippen molar-refractivity contribution in [3.8, 4) is 0 Å². The highest BCUT2D eigenvalue weighted by atomic mass is 79.9. The SMILES string of the molecule is O=C1CC(Cl)(Br)C(=O)N1O. The zero-order valence-electron chi connectivity index (χ0n) is 4.67. The fourth-order valence-electron chi connectivity index (χ4n) is 0.609. The van der Waals surface area contributed by atoms with E-state index < -0.39 is 15.6 Å². The third kappa shape index (κ3) is 1.04. The van der Waals surface area contributed by atoms with E-state index in [9.17, 15) is 9.59 Å². The van der Waals surface area contributed by atoms with Crippen molar-refractivity contribution in [3.05, 3.63) is 0 Å². The smallest absolute Gasteiger partial charge is 0.278 e. The van der Waals surface area contributed by atoms with Gasteiger partial charge in [0, 0.05) is 0 Å².